The van der Waals surface area contributed by atoms with Gasteiger partial charge in [0.1, 0.15) is 0 Å². The summed E-state index contributed by atoms with van der Waals surface area (Å²) in [5, 5.41) is 5.22. The minimum atomic E-state index is -0.123. The lowest BCUT2D eigenvalue weighted by atomic mass is 9.80. The molecule has 2 aromatic heterocycles. The predicted molar refractivity (Wildman–Crippen MR) is 207 cm³/mol. The Morgan fingerprint density at radius 3 is 2.06 bits per heavy atom. The second-order valence-corrected chi connectivity index (χ2v) is 15.9. The highest BCUT2D eigenvalue weighted by molar-refractivity contribution is 8.05. The summed E-state index contributed by atoms with van der Waals surface area (Å²) >= 11 is 3.81. The summed E-state index contributed by atoms with van der Waals surface area (Å²) in [5.74, 6) is 0. The van der Waals surface area contributed by atoms with E-state index in [0.29, 0.717) is 0 Å². The SMILES string of the molecule is CC1(C)c2ccccc2-c2ccc3c(c21)c1ccc2c(c1n3-c1ccc3c(c1)c1ccccc1n3-c1ccccc1)Sc1ccccc1S2. The highest BCUT2D eigenvalue weighted by atomic mass is 32.2. The van der Waals surface area contributed by atoms with Crippen LogP contribution >= 0.6 is 23.5 Å². The molecule has 0 radical (unpaired) electrons. The lowest BCUT2D eigenvalue weighted by Crippen LogP contribution is -2.15. The van der Waals surface area contributed by atoms with Crippen molar-refractivity contribution >= 4 is 67.1 Å². The Labute approximate surface area is 293 Å². The quantitative estimate of drug-likeness (QED) is 0.182. The zero-order valence-electron chi connectivity index (χ0n) is 27.1. The molecule has 0 N–H and O–H groups in total. The molecule has 1 aliphatic carbocycles. The number of para-hydroxylation sites is 2. The van der Waals surface area contributed by atoms with Gasteiger partial charge in [-0.15, -0.1) is 0 Å². The molecule has 3 heterocycles. The van der Waals surface area contributed by atoms with Crippen molar-refractivity contribution in [3.8, 4) is 22.5 Å². The molecule has 0 atom stereocenters. The van der Waals surface area contributed by atoms with Crippen LogP contribution in [0.1, 0.15) is 25.0 Å². The molecule has 232 valence electrons. The average molecular weight is 663 g/mol. The first kappa shape index (κ1) is 27.8. The Balaban J connectivity index is 1.26. The van der Waals surface area contributed by atoms with Crippen molar-refractivity contribution < 1.29 is 0 Å². The fraction of sp³-hybridized carbons (Fsp3) is 0.0667. The third kappa shape index (κ3) is 3.71. The van der Waals surface area contributed by atoms with E-state index in [0.717, 1.165) is 0 Å². The summed E-state index contributed by atoms with van der Waals surface area (Å²) in [5.41, 5.74) is 12.8. The number of fused-ring (bicyclic) bond motifs is 13. The number of hydrogen-bond acceptors (Lipinski definition) is 2. The minimum Gasteiger partial charge on any atom is -0.309 e. The molecule has 7 aromatic carbocycles. The number of nitrogens with zero attached hydrogens (tertiary/aromatic N) is 2. The molecule has 0 saturated carbocycles. The topological polar surface area (TPSA) is 9.86 Å². The molecule has 2 aliphatic rings. The highest BCUT2D eigenvalue weighted by Gasteiger charge is 2.38. The zero-order chi connectivity index (χ0) is 32.4. The third-order valence-corrected chi connectivity index (χ3v) is 13.3. The van der Waals surface area contributed by atoms with E-state index in [1.165, 1.54) is 96.8 Å². The second kappa shape index (κ2) is 9.94. The van der Waals surface area contributed by atoms with Crippen LogP contribution in [0.15, 0.2) is 165 Å². The summed E-state index contributed by atoms with van der Waals surface area (Å²) in [4.78, 5) is 5.31. The highest BCUT2D eigenvalue weighted by Crippen LogP contribution is 2.56. The lowest BCUT2D eigenvalue weighted by Gasteiger charge is -2.22. The molecule has 0 bridgehead atoms. The molecule has 2 nitrogen and oxygen atoms in total. The maximum absolute atomic E-state index is 2.57. The number of rotatable bonds is 2. The van der Waals surface area contributed by atoms with Gasteiger partial charge >= 0.3 is 0 Å². The minimum absolute atomic E-state index is 0.123. The number of benzene rings is 7. The summed E-state index contributed by atoms with van der Waals surface area (Å²) < 4.78 is 4.97. The molecule has 49 heavy (non-hydrogen) atoms. The van der Waals surface area contributed by atoms with Gasteiger partial charge in [0, 0.05) is 53.0 Å². The first-order valence-corrected chi connectivity index (χ1v) is 18.5. The molecule has 9 aromatic rings. The normalized spacial score (nSPS) is 14.3. The van der Waals surface area contributed by atoms with E-state index in [9.17, 15) is 0 Å². The first-order valence-electron chi connectivity index (χ1n) is 16.9. The van der Waals surface area contributed by atoms with Crippen LogP contribution in [0.2, 0.25) is 0 Å². The Morgan fingerprint density at radius 1 is 0.469 bits per heavy atom. The van der Waals surface area contributed by atoms with Gasteiger partial charge in [0.05, 0.1) is 27.0 Å². The molecule has 0 unspecified atom stereocenters. The van der Waals surface area contributed by atoms with Crippen LogP contribution in [0.3, 0.4) is 0 Å². The number of aromatic nitrogens is 2. The van der Waals surface area contributed by atoms with Crippen LogP contribution in [-0.4, -0.2) is 9.13 Å². The molecule has 0 saturated heterocycles. The van der Waals surface area contributed by atoms with Crippen LogP contribution in [0, 0.1) is 0 Å². The van der Waals surface area contributed by atoms with Crippen molar-refractivity contribution in [3.05, 3.63) is 157 Å². The van der Waals surface area contributed by atoms with Gasteiger partial charge in [-0.1, -0.05) is 122 Å². The van der Waals surface area contributed by atoms with Crippen LogP contribution in [0.5, 0.6) is 0 Å². The van der Waals surface area contributed by atoms with Crippen LogP contribution < -0.4 is 0 Å². The van der Waals surface area contributed by atoms with Gasteiger partial charge < -0.3 is 9.13 Å². The first-order chi connectivity index (χ1) is 24.1. The molecule has 1 aliphatic heterocycles. The van der Waals surface area contributed by atoms with Gasteiger partial charge in [0.2, 0.25) is 0 Å². The number of hydrogen-bond donors (Lipinski definition) is 0. The van der Waals surface area contributed by atoms with Crippen molar-refractivity contribution in [2.45, 2.75) is 38.8 Å². The average Bonchev–Trinajstić information content (AvgIpc) is 3.74. The van der Waals surface area contributed by atoms with Crippen LogP contribution in [0.4, 0.5) is 0 Å². The van der Waals surface area contributed by atoms with Gasteiger partial charge in [-0.3, -0.25) is 0 Å². The van der Waals surface area contributed by atoms with Gasteiger partial charge in [0.15, 0.2) is 0 Å². The van der Waals surface area contributed by atoms with Gasteiger partial charge in [0.25, 0.3) is 0 Å². The van der Waals surface area contributed by atoms with E-state index in [4.69, 9.17) is 0 Å². The summed E-state index contributed by atoms with van der Waals surface area (Å²) in [6.45, 7) is 4.81. The Morgan fingerprint density at radius 2 is 1.18 bits per heavy atom. The Hall–Kier alpha value is -5.16. The predicted octanol–water partition coefficient (Wildman–Crippen LogP) is 12.8. The molecule has 0 spiro atoms. The largest absolute Gasteiger partial charge is 0.309 e. The van der Waals surface area contributed by atoms with Gasteiger partial charge in [-0.2, -0.15) is 0 Å². The molecule has 0 amide bonds. The van der Waals surface area contributed by atoms with E-state index in [1.54, 1.807) is 0 Å². The van der Waals surface area contributed by atoms with Gasteiger partial charge in [-0.05, 0) is 82.9 Å². The Bertz CT molecular complexity index is 2860. The van der Waals surface area contributed by atoms with Gasteiger partial charge in [-0.25, -0.2) is 0 Å². The van der Waals surface area contributed by atoms with E-state index in [1.807, 2.05) is 23.5 Å². The van der Waals surface area contributed by atoms with Crippen LogP contribution in [-0.2, 0) is 5.41 Å². The molecule has 0 fully saturated rings. The molecule has 4 heteroatoms. The fourth-order valence-corrected chi connectivity index (χ4v) is 11.0. The molecular formula is C45H30N2S2. The van der Waals surface area contributed by atoms with E-state index in [-0.39, 0.29) is 5.41 Å². The summed E-state index contributed by atoms with van der Waals surface area (Å²) in [7, 11) is 0. The van der Waals surface area contributed by atoms with Crippen molar-refractivity contribution in [1.82, 2.24) is 9.13 Å². The van der Waals surface area contributed by atoms with Crippen molar-refractivity contribution in [2.24, 2.45) is 0 Å². The lowest BCUT2D eigenvalue weighted by molar-refractivity contribution is 0.666. The fourth-order valence-electron chi connectivity index (χ4n) is 8.67. The van der Waals surface area contributed by atoms with Crippen LogP contribution in [0.25, 0.3) is 66.1 Å². The monoisotopic (exact) mass is 662 g/mol. The van der Waals surface area contributed by atoms with E-state index < -0.39 is 0 Å². The molecule has 11 rings (SSSR count). The second-order valence-electron chi connectivity index (χ2n) is 13.7. The summed E-state index contributed by atoms with van der Waals surface area (Å²) in [6, 6.07) is 54.0. The summed E-state index contributed by atoms with van der Waals surface area (Å²) in [6.07, 6.45) is 0. The third-order valence-electron chi connectivity index (χ3n) is 10.7. The van der Waals surface area contributed by atoms with E-state index in [2.05, 4.69) is 169 Å². The van der Waals surface area contributed by atoms with Crippen molar-refractivity contribution in [2.75, 3.05) is 0 Å². The maximum atomic E-state index is 2.57. The zero-order valence-corrected chi connectivity index (χ0v) is 28.7. The molecular weight excluding hydrogens is 633 g/mol. The standard InChI is InChI=1S/C45H30N2S2/c1-45(2)34-16-8-6-14-29(34)31-21-24-37-41(42(31)45)32-22-25-40-44(49-39-19-11-10-18-38(39)48-40)43(32)47(37)28-20-23-36-33(26-28)30-15-7-9-17-35(30)46(36)27-12-4-3-5-13-27/h3-26H,1-2H3. The smallest absolute Gasteiger partial charge is 0.0692 e. The Kier molecular flexibility index (Phi) is 5.63. The van der Waals surface area contributed by atoms with Crippen molar-refractivity contribution in [3.63, 3.8) is 0 Å². The van der Waals surface area contributed by atoms with E-state index >= 15 is 0 Å². The van der Waals surface area contributed by atoms with Crippen molar-refractivity contribution in [1.29, 1.82) is 0 Å². The maximum Gasteiger partial charge on any atom is 0.0692 e.